The van der Waals surface area contributed by atoms with Crippen molar-refractivity contribution in [2.24, 2.45) is 0 Å². The zero-order chi connectivity index (χ0) is 31.0. The summed E-state index contributed by atoms with van der Waals surface area (Å²) in [6, 6.07) is 20.0. The Balaban J connectivity index is 1.76. The summed E-state index contributed by atoms with van der Waals surface area (Å²) in [4.78, 5) is 29.8. The van der Waals surface area contributed by atoms with Crippen molar-refractivity contribution in [2.75, 3.05) is 24.2 Å². The van der Waals surface area contributed by atoms with Crippen molar-refractivity contribution in [3.63, 3.8) is 0 Å². The highest BCUT2D eigenvalue weighted by atomic mass is 35.5. The number of anilines is 1. The van der Waals surface area contributed by atoms with E-state index in [-0.39, 0.29) is 30.6 Å². The van der Waals surface area contributed by atoms with E-state index >= 15 is 0 Å². The number of hydrogen-bond donors (Lipinski definition) is 1. The van der Waals surface area contributed by atoms with Gasteiger partial charge < -0.3 is 15.0 Å². The van der Waals surface area contributed by atoms with Gasteiger partial charge in [-0.1, -0.05) is 91.0 Å². The second-order valence-corrected chi connectivity index (χ2v) is 13.5. The van der Waals surface area contributed by atoms with Gasteiger partial charge in [0.25, 0.3) is 0 Å². The Morgan fingerprint density at radius 2 is 1.65 bits per heavy atom. The topological polar surface area (TPSA) is 96.0 Å². The molecule has 0 spiro atoms. The molecule has 2 amide bonds. The number of hydrogen-bond acceptors (Lipinski definition) is 5. The van der Waals surface area contributed by atoms with Gasteiger partial charge in [0, 0.05) is 29.1 Å². The van der Waals surface area contributed by atoms with Gasteiger partial charge in [-0.25, -0.2) is 8.42 Å². The molecule has 0 radical (unpaired) electrons. The molecule has 1 aliphatic carbocycles. The SMILES string of the molecule is COc1ccccc1N(CC(=O)N(Cc1ccc(Cl)cc1Cl)[C@@H](Cc1ccccc1)C(=O)NC1CCCCC1)S(C)(=O)=O. The molecule has 1 saturated carbocycles. The normalized spacial score (nSPS) is 14.5. The number of halogens is 2. The molecule has 1 N–H and O–H groups in total. The summed E-state index contributed by atoms with van der Waals surface area (Å²) in [7, 11) is -2.50. The summed E-state index contributed by atoms with van der Waals surface area (Å²) in [5.41, 5.74) is 1.65. The molecule has 1 atom stereocenters. The average Bonchev–Trinajstić information content (AvgIpc) is 2.99. The van der Waals surface area contributed by atoms with Crippen LogP contribution in [-0.2, 0) is 32.6 Å². The van der Waals surface area contributed by atoms with Gasteiger partial charge in [-0.2, -0.15) is 0 Å². The maximum atomic E-state index is 14.3. The number of para-hydroxylation sites is 2. The number of nitrogens with zero attached hydrogens (tertiary/aromatic N) is 2. The standard InChI is InChI=1S/C32H37Cl2N3O5S/c1-42-30-16-10-9-15-28(30)37(43(2,40)41)22-31(38)36(21-24-17-18-25(33)20-27(24)34)29(19-23-11-5-3-6-12-23)32(39)35-26-13-7-4-8-14-26/h3,5-6,9-12,15-18,20,26,29H,4,7-8,13-14,19,21-22H2,1-2H3,(H,35,39)/t29-/m0/s1. The van der Waals surface area contributed by atoms with Gasteiger partial charge in [0.1, 0.15) is 18.3 Å². The lowest BCUT2D eigenvalue weighted by molar-refractivity contribution is -0.140. The van der Waals surface area contributed by atoms with E-state index in [1.54, 1.807) is 42.5 Å². The van der Waals surface area contributed by atoms with E-state index in [9.17, 15) is 18.0 Å². The maximum Gasteiger partial charge on any atom is 0.244 e. The number of rotatable bonds is 12. The summed E-state index contributed by atoms with van der Waals surface area (Å²) in [5.74, 6) is -0.566. The molecule has 0 bridgehead atoms. The fourth-order valence-electron chi connectivity index (χ4n) is 5.36. The monoisotopic (exact) mass is 645 g/mol. The number of carbonyl (C=O) groups is 2. The second-order valence-electron chi connectivity index (χ2n) is 10.7. The molecule has 0 unspecified atom stereocenters. The zero-order valence-electron chi connectivity index (χ0n) is 24.3. The van der Waals surface area contributed by atoms with Crippen LogP contribution in [0.15, 0.2) is 72.8 Å². The van der Waals surface area contributed by atoms with Gasteiger partial charge in [0.15, 0.2) is 0 Å². The van der Waals surface area contributed by atoms with Gasteiger partial charge in [0.05, 0.1) is 19.1 Å². The summed E-state index contributed by atoms with van der Waals surface area (Å²) in [6.45, 7) is -0.583. The van der Waals surface area contributed by atoms with E-state index in [2.05, 4.69) is 5.32 Å². The Labute approximate surface area is 264 Å². The van der Waals surface area contributed by atoms with Crippen molar-refractivity contribution in [1.29, 1.82) is 0 Å². The van der Waals surface area contributed by atoms with Crippen LogP contribution in [0.1, 0.15) is 43.2 Å². The van der Waals surface area contributed by atoms with Crippen molar-refractivity contribution < 1.29 is 22.7 Å². The summed E-state index contributed by atoms with van der Waals surface area (Å²) in [6.07, 6.45) is 6.18. The number of carbonyl (C=O) groups excluding carboxylic acids is 2. The van der Waals surface area contributed by atoms with Crippen LogP contribution in [0.25, 0.3) is 0 Å². The van der Waals surface area contributed by atoms with Crippen molar-refractivity contribution >= 4 is 50.7 Å². The van der Waals surface area contributed by atoms with Crippen LogP contribution in [0.2, 0.25) is 10.0 Å². The molecule has 4 rings (SSSR count). The minimum absolute atomic E-state index is 0.0108. The Morgan fingerprint density at radius 1 is 0.977 bits per heavy atom. The minimum atomic E-state index is -3.93. The van der Waals surface area contributed by atoms with E-state index in [0.717, 1.165) is 48.2 Å². The number of benzene rings is 3. The van der Waals surface area contributed by atoms with Crippen LogP contribution >= 0.6 is 23.2 Å². The van der Waals surface area contributed by atoms with Gasteiger partial charge in [0.2, 0.25) is 21.8 Å². The molecule has 230 valence electrons. The number of sulfonamides is 1. The molecule has 8 nitrogen and oxygen atoms in total. The number of methoxy groups -OCH3 is 1. The molecule has 3 aromatic carbocycles. The van der Waals surface area contributed by atoms with Crippen molar-refractivity contribution in [3.05, 3.63) is 94.0 Å². The van der Waals surface area contributed by atoms with Crippen LogP contribution in [0.4, 0.5) is 5.69 Å². The molecule has 1 fully saturated rings. The molecule has 11 heteroatoms. The van der Waals surface area contributed by atoms with E-state index in [1.807, 2.05) is 30.3 Å². The van der Waals surface area contributed by atoms with Gasteiger partial charge in [-0.05, 0) is 48.2 Å². The molecular formula is C32H37Cl2N3O5S. The largest absolute Gasteiger partial charge is 0.495 e. The van der Waals surface area contributed by atoms with Crippen molar-refractivity contribution in [2.45, 2.75) is 57.2 Å². The first-order valence-corrected chi connectivity index (χ1v) is 16.9. The minimum Gasteiger partial charge on any atom is -0.495 e. The van der Waals surface area contributed by atoms with E-state index in [1.165, 1.54) is 12.0 Å². The third-order valence-corrected chi connectivity index (χ3v) is 9.32. The van der Waals surface area contributed by atoms with E-state index in [4.69, 9.17) is 27.9 Å². The Morgan fingerprint density at radius 3 is 2.30 bits per heavy atom. The predicted molar refractivity (Wildman–Crippen MR) is 171 cm³/mol. The third-order valence-electron chi connectivity index (χ3n) is 7.61. The van der Waals surface area contributed by atoms with Gasteiger partial charge in [-0.15, -0.1) is 0 Å². The lowest BCUT2D eigenvalue weighted by Crippen LogP contribution is -2.55. The van der Waals surface area contributed by atoms with E-state index in [0.29, 0.717) is 21.4 Å². The zero-order valence-corrected chi connectivity index (χ0v) is 26.7. The van der Waals surface area contributed by atoms with Gasteiger partial charge in [-0.3, -0.25) is 13.9 Å². The smallest absolute Gasteiger partial charge is 0.244 e. The van der Waals surface area contributed by atoms with Crippen molar-refractivity contribution in [3.8, 4) is 5.75 Å². The Bertz CT molecular complexity index is 1510. The first-order chi connectivity index (χ1) is 20.6. The van der Waals surface area contributed by atoms with Crippen LogP contribution in [0.5, 0.6) is 5.75 Å². The Hall–Kier alpha value is -3.27. The Kier molecular flexibility index (Phi) is 11.3. The van der Waals surface area contributed by atoms with Crippen molar-refractivity contribution in [1.82, 2.24) is 10.2 Å². The fourth-order valence-corrected chi connectivity index (χ4v) is 6.68. The molecular weight excluding hydrogens is 609 g/mol. The highest BCUT2D eigenvalue weighted by Gasteiger charge is 2.35. The quantitative estimate of drug-likeness (QED) is 0.266. The number of ether oxygens (including phenoxy) is 1. The predicted octanol–water partition coefficient (Wildman–Crippen LogP) is 5.86. The number of nitrogens with one attached hydrogen (secondary N) is 1. The second kappa shape index (κ2) is 14.9. The first-order valence-electron chi connectivity index (χ1n) is 14.2. The summed E-state index contributed by atoms with van der Waals surface area (Å²) in [5, 5.41) is 3.95. The highest BCUT2D eigenvalue weighted by molar-refractivity contribution is 7.92. The third kappa shape index (κ3) is 8.87. The van der Waals surface area contributed by atoms with Crippen LogP contribution in [0, 0.1) is 0 Å². The summed E-state index contributed by atoms with van der Waals surface area (Å²) >= 11 is 12.7. The molecule has 43 heavy (non-hydrogen) atoms. The van der Waals surface area contributed by atoms with Gasteiger partial charge >= 0.3 is 0 Å². The number of amides is 2. The van der Waals surface area contributed by atoms with Crippen LogP contribution in [-0.4, -0.2) is 57.1 Å². The lowest BCUT2D eigenvalue weighted by Gasteiger charge is -2.35. The molecule has 0 aromatic heterocycles. The molecule has 0 saturated heterocycles. The summed E-state index contributed by atoms with van der Waals surface area (Å²) < 4.78 is 32.5. The molecule has 3 aromatic rings. The van der Waals surface area contributed by atoms with E-state index < -0.39 is 28.5 Å². The lowest BCUT2D eigenvalue weighted by atomic mass is 9.94. The van der Waals surface area contributed by atoms with Crippen LogP contribution < -0.4 is 14.4 Å². The molecule has 0 heterocycles. The molecule has 1 aliphatic rings. The fraction of sp³-hybridized carbons (Fsp3) is 0.375. The highest BCUT2D eigenvalue weighted by Crippen LogP contribution is 2.30. The maximum absolute atomic E-state index is 14.3. The first kappa shape index (κ1) is 32.6. The van der Waals surface area contributed by atoms with Crippen LogP contribution in [0.3, 0.4) is 0 Å². The average molecular weight is 647 g/mol. The molecule has 0 aliphatic heterocycles.